The second-order valence-electron chi connectivity index (χ2n) is 7.40. The van der Waals surface area contributed by atoms with Crippen molar-refractivity contribution in [1.82, 2.24) is 19.6 Å². The average Bonchev–Trinajstić information content (AvgIpc) is 3.22. The molecule has 6 heteroatoms. The van der Waals surface area contributed by atoms with Crippen LogP contribution in [0.4, 0.5) is 5.82 Å². The number of nitrogens with zero attached hydrogens (tertiary/aromatic N) is 4. The van der Waals surface area contributed by atoms with Crippen LogP contribution in [0, 0.1) is 5.92 Å². The van der Waals surface area contributed by atoms with E-state index in [0.717, 1.165) is 17.8 Å². The van der Waals surface area contributed by atoms with Crippen molar-refractivity contribution in [3.8, 4) is 0 Å². The first kappa shape index (κ1) is 16.7. The summed E-state index contributed by atoms with van der Waals surface area (Å²) in [5, 5.41) is 14.1. The third-order valence-electron chi connectivity index (χ3n) is 5.45. The second kappa shape index (κ2) is 6.64. The van der Waals surface area contributed by atoms with Crippen LogP contribution >= 0.6 is 0 Å². The summed E-state index contributed by atoms with van der Waals surface area (Å²) < 4.78 is 3.63. The molecule has 28 heavy (non-hydrogen) atoms. The van der Waals surface area contributed by atoms with Crippen molar-refractivity contribution in [3.63, 3.8) is 0 Å². The number of carbonyl (C=O) groups excluding carboxylic acids is 1. The van der Waals surface area contributed by atoms with Gasteiger partial charge in [0.2, 0.25) is 5.91 Å². The minimum absolute atomic E-state index is 0.00473. The van der Waals surface area contributed by atoms with Crippen LogP contribution in [0.2, 0.25) is 0 Å². The highest BCUT2D eigenvalue weighted by atomic mass is 16.2. The molecule has 1 aliphatic rings. The zero-order chi connectivity index (χ0) is 19.1. The molecule has 2 aromatic carbocycles. The van der Waals surface area contributed by atoms with E-state index in [2.05, 4.69) is 45.8 Å². The molecule has 0 spiro atoms. The van der Waals surface area contributed by atoms with Gasteiger partial charge in [-0.25, -0.2) is 4.68 Å². The zero-order valence-electron chi connectivity index (χ0n) is 15.6. The fraction of sp³-hybridized carbons (Fsp3) is 0.227. The monoisotopic (exact) mass is 371 g/mol. The minimum Gasteiger partial charge on any atom is -0.311 e. The Bertz CT molecular complexity index is 1150. The topological polar surface area (TPSA) is 64.7 Å². The van der Waals surface area contributed by atoms with Crippen molar-refractivity contribution in [1.29, 1.82) is 0 Å². The molecule has 2 aromatic heterocycles. The summed E-state index contributed by atoms with van der Waals surface area (Å²) in [5.74, 6) is 1.05. The summed E-state index contributed by atoms with van der Waals surface area (Å²) in [6.45, 7) is 0.612. The first-order valence-corrected chi connectivity index (χ1v) is 9.47. The first-order chi connectivity index (χ1) is 13.7. The molecule has 2 atom stereocenters. The Labute approximate surface area is 162 Å². The number of fused-ring (bicyclic) bond motifs is 1. The molecule has 2 heterocycles. The molecule has 0 bridgehead atoms. The maximum absolute atomic E-state index is 12.7. The van der Waals surface area contributed by atoms with E-state index in [-0.39, 0.29) is 17.7 Å². The number of nitrogens with one attached hydrogen (secondary N) is 1. The Morgan fingerprint density at radius 3 is 2.86 bits per heavy atom. The van der Waals surface area contributed by atoms with Gasteiger partial charge in [-0.05, 0) is 34.2 Å². The number of amides is 1. The van der Waals surface area contributed by atoms with E-state index in [0.29, 0.717) is 6.54 Å². The summed E-state index contributed by atoms with van der Waals surface area (Å²) >= 11 is 0. The lowest BCUT2D eigenvalue weighted by molar-refractivity contribution is -0.117. The van der Waals surface area contributed by atoms with Crippen LogP contribution in [0.15, 0.2) is 67.1 Å². The lowest BCUT2D eigenvalue weighted by Crippen LogP contribution is -2.18. The smallest absolute Gasteiger partial charge is 0.229 e. The van der Waals surface area contributed by atoms with Gasteiger partial charge < -0.3 is 5.32 Å². The molecule has 5 rings (SSSR count). The molecule has 0 radical (unpaired) electrons. The predicted molar refractivity (Wildman–Crippen MR) is 108 cm³/mol. The van der Waals surface area contributed by atoms with Gasteiger partial charge in [-0.2, -0.15) is 10.2 Å². The van der Waals surface area contributed by atoms with E-state index in [9.17, 15) is 4.79 Å². The number of rotatable bonds is 5. The highest BCUT2D eigenvalue weighted by molar-refractivity contribution is 5.94. The Morgan fingerprint density at radius 1 is 1.14 bits per heavy atom. The highest BCUT2D eigenvalue weighted by Crippen LogP contribution is 2.47. The van der Waals surface area contributed by atoms with E-state index < -0.39 is 0 Å². The number of anilines is 1. The largest absolute Gasteiger partial charge is 0.311 e. The quantitative estimate of drug-likeness (QED) is 0.583. The number of carbonyl (C=O) groups is 1. The molecule has 1 saturated carbocycles. The van der Waals surface area contributed by atoms with Gasteiger partial charge in [0, 0.05) is 25.2 Å². The van der Waals surface area contributed by atoms with Crippen LogP contribution in [0.25, 0.3) is 10.8 Å². The van der Waals surface area contributed by atoms with Crippen LogP contribution in [-0.4, -0.2) is 25.5 Å². The van der Waals surface area contributed by atoms with E-state index in [4.69, 9.17) is 0 Å². The van der Waals surface area contributed by atoms with Gasteiger partial charge in [0.15, 0.2) is 0 Å². The van der Waals surface area contributed by atoms with Gasteiger partial charge in [-0.3, -0.25) is 9.48 Å². The van der Waals surface area contributed by atoms with Crippen molar-refractivity contribution >= 4 is 22.5 Å². The molecule has 1 fully saturated rings. The number of aromatic nitrogens is 4. The predicted octanol–water partition coefficient (Wildman–Crippen LogP) is 3.56. The third kappa shape index (κ3) is 3.07. The van der Waals surface area contributed by atoms with Gasteiger partial charge in [-0.15, -0.1) is 0 Å². The molecular weight excluding hydrogens is 350 g/mol. The second-order valence-corrected chi connectivity index (χ2v) is 7.40. The molecule has 140 valence electrons. The van der Waals surface area contributed by atoms with Crippen molar-refractivity contribution in [2.24, 2.45) is 13.0 Å². The number of benzene rings is 2. The summed E-state index contributed by atoms with van der Waals surface area (Å²) in [5.41, 5.74) is 2.31. The van der Waals surface area contributed by atoms with Crippen LogP contribution in [-0.2, 0) is 18.4 Å². The molecule has 0 saturated heterocycles. The summed E-state index contributed by atoms with van der Waals surface area (Å²) in [6.07, 6.45) is 6.44. The Hall–Kier alpha value is -3.41. The summed E-state index contributed by atoms with van der Waals surface area (Å²) in [7, 11) is 1.90. The lowest BCUT2D eigenvalue weighted by Gasteiger charge is -2.11. The van der Waals surface area contributed by atoms with E-state index in [1.54, 1.807) is 10.9 Å². The summed E-state index contributed by atoms with van der Waals surface area (Å²) in [4.78, 5) is 12.7. The lowest BCUT2D eigenvalue weighted by atomic mass is 10.0. The van der Waals surface area contributed by atoms with E-state index >= 15 is 0 Å². The van der Waals surface area contributed by atoms with Crippen LogP contribution in [0.3, 0.4) is 0 Å². The Morgan fingerprint density at radius 2 is 2.00 bits per heavy atom. The number of hydrogen-bond donors (Lipinski definition) is 1. The molecule has 6 nitrogen and oxygen atoms in total. The molecule has 0 aliphatic heterocycles. The molecule has 0 unspecified atom stereocenters. The number of aryl methyl sites for hydroxylation is 1. The van der Waals surface area contributed by atoms with Crippen molar-refractivity contribution in [2.75, 3.05) is 5.32 Å². The van der Waals surface area contributed by atoms with Crippen molar-refractivity contribution in [3.05, 3.63) is 78.2 Å². The van der Waals surface area contributed by atoms with Gasteiger partial charge in [0.05, 0.1) is 18.9 Å². The van der Waals surface area contributed by atoms with Crippen LogP contribution in [0.1, 0.15) is 23.5 Å². The third-order valence-corrected chi connectivity index (χ3v) is 5.45. The maximum atomic E-state index is 12.7. The van der Waals surface area contributed by atoms with Gasteiger partial charge in [-0.1, -0.05) is 42.5 Å². The Kier molecular flexibility index (Phi) is 3.97. The molecule has 4 aromatic rings. The summed E-state index contributed by atoms with van der Waals surface area (Å²) in [6, 6.07) is 16.4. The normalized spacial score (nSPS) is 18.3. The first-order valence-electron chi connectivity index (χ1n) is 9.47. The number of hydrogen-bond acceptors (Lipinski definition) is 3. The standard InChI is InChI=1S/C22H21N5O/c1-26-13-17(12-24-26)19-11-20(19)22(28)25-21-9-10-23-27(21)14-16-7-4-6-15-5-2-3-8-18(15)16/h2-10,12-13,19-20H,11,14H2,1H3,(H,25,28)/t19-,20-/m0/s1. The van der Waals surface area contributed by atoms with Crippen LogP contribution < -0.4 is 5.32 Å². The fourth-order valence-corrected chi connectivity index (χ4v) is 3.86. The molecular formula is C22H21N5O. The SMILES string of the molecule is Cn1cc([C@@H]2C[C@@H]2C(=O)Nc2ccnn2Cc2cccc3ccccc23)cn1. The van der Waals surface area contributed by atoms with Crippen molar-refractivity contribution < 1.29 is 4.79 Å². The van der Waals surface area contributed by atoms with Gasteiger partial charge >= 0.3 is 0 Å². The molecule has 1 amide bonds. The highest BCUT2D eigenvalue weighted by Gasteiger charge is 2.44. The fourth-order valence-electron chi connectivity index (χ4n) is 3.86. The van der Waals surface area contributed by atoms with E-state index in [1.807, 2.05) is 42.3 Å². The van der Waals surface area contributed by atoms with Crippen molar-refractivity contribution in [2.45, 2.75) is 18.9 Å². The average molecular weight is 371 g/mol. The maximum Gasteiger partial charge on any atom is 0.229 e. The molecule has 1 aliphatic carbocycles. The van der Waals surface area contributed by atoms with Crippen LogP contribution in [0.5, 0.6) is 0 Å². The molecule has 1 N–H and O–H groups in total. The van der Waals surface area contributed by atoms with Gasteiger partial charge in [0.25, 0.3) is 0 Å². The Balaban J connectivity index is 1.32. The van der Waals surface area contributed by atoms with Gasteiger partial charge in [0.1, 0.15) is 5.82 Å². The minimum atomic E-state index is 0.00473. The zero-order valence-corrected chi connectivity index (χ0v) is 15.6. The van der Waals surface area contributed by atoms with E-state index in [1.165, 1.54) is 16.3 Å².